The van der Waals surface area contributed by atoms with Gasteiger partial charge in [-0.3, -0.25) is 0 Å². The molecule has 1 rings (SSSR count). The molecule has 2 atom stereocenters. The van der Waals surface area contributed by atoms with Crippen LogP contribution in [0.1, 0.15) is 29.6 Å². The third-order valence-corrected chi connectivity index (χ3v) is 3.46. The zero-order valence-electron chi connectivity index (χ0n) is 9.08. The van der Waals surface area contributed by atoms with Crippen LogP contribution in [-0.2, 0) is 0 Å². The van der Waals surface area contributed by atoms with Gasteiger partial charge in [0, 0.05) is 28.9 Å². The minimum Gasteiger partial charge on any atom is -0.396 e. The molecule has 2 unspecified atom stereocenters. The Balaban J connectivity index is 2.39. The summed E-state index contributed by atoms with van der Waals surface area (Å²) in [6, 6.07) is 4.71. The second-order valence-corrected chi connectivity index (χ2v) is 5.19. The van der Waals surface area contributed by atoms with Gasteiger partial charge in [-0.2, -0.15) is 0 Å². The van der Waals surface area contributed by atoms with E-state index in [1.165, 1.54) is 9.75 Å². The Bertz CT molecular complexity index is 272. The first-order chi connectivity index (χ1) is 6.63. The summed E-state index contributed by atoms with van der Waals surface area (Å²) in [6.07, 6.45) is 0. The van der Waals surface area contributed by atoms with Gasteiger partial charge in [0.25, 0.3) is 0 Å². The van der Waals surface area contributed by atoms with E-state index < -0.39 is 0 Å². The second-order valence-electron chi connectivity index (χ2n) is 3.87. The molecule has 0 aliphatic carbocycles. The minimum atomic E-state index is 0.253. The molecule has 0 aromatic carbocycles. The van der Waals surface area contributed by atoms with Gasteiger partial charge in [0.1, 0.15) is 0 Å². The van der Waals surface area contributed by atoms with Crippen molar-refractivity contribution in [2.24, 2.45) is 5.92 Å². The van der Waals surface area contributed by atoms with Gasteiger partial charge < -0.3 is 10.4 Å². The third kappa shape index (κ3) is 3.40. The average Bonchev–Trinajstić information content (AvgIpc) is 2.60. The molecule has 0 saturated heterocycles. The van der Waals surface area contributed by atoms with E-state index in [-0.39, 0.29) is 6.61 Å². The van der Waals surface area contributed by atoms with E-state index in [1.54, 1.807) is 0 Å². The lowest BCUT2D eigenvalue weighted by molar-refractivity contribution is 0.231. The molecular formula is C11H19NOS. The molecule has 0 spiro atoms. The van der Waals surface area contributed by atoms with Gasteiger partial charge in [-0.25, -0.2) is 0 Å². The zero-order chi connectivity index (χ0) is 10.6. The van der Waals surface area contributed by atoms with Crippen LogP contribution in [0.3, 0.4) is 0 Å². The van der Waals surface area contributed by atoms with Crippen LogP contribution >= 0.6 is 11.3 Å². The van der Waals surface area contributed by atoms with E-state index in [4.69, 9.17) is 5.11 Å². The maximum absolute atomic E-state index is 8.88. The topological polar surface area (TPSA) is 32.3 Å². The Morgan fingerprint density at radius 3 is 2.64 bits per heavy atom. The van der Waals surface area contributed by atoms with Gasteiger partial charge in [0.15, 0.2) is 0 Å². The van der Waals surface area contributed by atoms with Gasteiger partial charge in [-0.05, 0) is 31.9 Å². The molecule has 0 fully saturated rings. The van der Waals surface area contributed by atoms with Crippen molar-refractivity contribution in [1.82, 2.24) is 5.32 Å². The van der Waals surface area contributed by atoms with E-state index >= 15 is 0 Å². The van der Waals surface area contributed by atoms with Crippen molar-refractivity contribution in [3.8, 4) is 0 Å². The van der Waals surface area contributed by atoms with E-state index in [0.29, 0.717) is 12.0 Å². The van der Waals surface area contributed by atoms with Crippen LogP contribution < -0.4 is 5.32 Å². The largest absolute Gasteiger partial charge is 0.396 e. The first kappa shape index (κ1) is 11.7. The van der Waals surface area contributed by atoms with Gasteiger partial charge in [-0.15, -0.1) is 11.3 Å². The van der Waals surface area contributed by atoms with Crippen molar-refractivity contribution in [3.05, 3.63) is 21.9 Å². The average molecular weight is 213 g/mol. The number of aliphatic hydroxyl groups excluding tert-OH is 1. The second kappa shape index (κ2) is 5.49. The predicted octanol–water partition coefficient (Wildman–Crippen LogP) is 2.34. The molecule has 0 radical (unpaired) electrons. The number of aryl methyl sites for hydroxylation is 1. The molecule has 3 heteroatoms. The maximum atomic E-state index is 8.88. The Kier molecular flexibility index (Phi) is 4.58. The molecule has 1 heterocycles. The highest BCUT2D eigenvalue weighted by atomic mass is 32.1. The molecule has 1 aromatic rings. The zero-order valence-corrected chi connectivity index (χ0v) is 9.90. The van der Waals surface area contributed by atoms with E-state index in [1.807, 2.05) is 18.3 Å². The van der Waals surface area contributed by atoms with Crippen molar-refractivity contribution in [1.29, 1.82) is 0 Å². The summed E-state index contributed by atoms with van der Waals surface area (Å²) in [5.74, 6) is 0.332. The Morgan fingerprint density at radius 1 is 1.43 bits per heavy atom. The van der Waals surface area contributed by atoms with Gasteiger partial charge in [0.2, 0.25) is 0 Å². The van der Waals surface area contributed by atoms with Crippen molar-refractivity contribution in [2.45, 2.75) is 26.8 Å². The number of aliphatic hydroxyl groups is 1. The molecule has 0 aliphatic heterocycles. The molecule has 2 nitrogen and oxygen atoms in total. The number of rotatable bonds is 5. The van der Waals surface area contributed by atoms with Gasteiger partial charge in [-0.1, -0.05) is 6.92 Å². The van der Waals surface area contributed by atoms with Crippen LogP contribution in [0, 0.1) is 12.8 Å². The molecule has 0 amide bonds. The first-order valence-corrected chi connectivity index (χ1v) is 5.85. The van der Waals surface area contributed by atoms with Crippen LogP contribution in [-0.4, -0.2) is 18.3 Å². The molecule has 14 heavy (non-hydrogen) atoms. The Hall–Kier alpha value is -0.380. The van der Waals surface area contributed by atoms with Crippen molar-refractivity contribution >= 4 is 11.3 Å². The molecule has 0 aliphatic rings. The molecule has 0 saturated carbocycles. The lowest BCUT2D eigenvalue weighted by Gasteiger charge is -2.14. The highest BCUT2D eigenvalue weighted by Gasteiger charge is 2.08. The standard InChI is InChI=1S/C11H19NOS/c1-8(7-13)6-12-10(3)11-5-4-9(2)14-11/h4-5,8,10,12-13H,6-7H2,1-3H3. The van der Waals surface area contributed by atoms with E-state index in [0.717, 1.165) is 6.54 Å². The Labute approximate surface area is 90.0 Å². The molecule has 1 aromatic heterocycles. The van der Waals surface area contributed by atoms with E-state index in [9.17, 15) is 0 Å². The van der Waals surface area contributed by atoms with Crippen molar-refractivity contribution in [3.63, 3.8) is 0 Å². The lowest BCUT2D eigenvalue weighted by atomic mass is 10.2. The van der Waals surface area contributed by atoms with Crippen LogP contribution in [0.2, 0.25) is 0 Å². The molecule has 80 valence electrons. The fourth-order valence-electron chi connectivity index (χ4n) is 1.23. The summed E-state index contributed by atoms with van der Waals surface area (Å²) in [6.45, 7) is 7.45. The maximum Gasteiger partial charge on any atom is 0.0468 e. The normalized spacial score (nSPS) is 15.4. The molecule has 2 N–H and O–H groups in total. The summed E-state index contributed by atoms with van der Waals surface area (Å²) in [5, 5.41) is 12.3. The number of hydrogen-bond acceptors (Lipinski definition) is 3. The SMILES string of the molecule is Cc1ccc(C(C)NCC(C)CO)s1. The quantitative estimate of drug-likeness (QED) is 0.787. The molecular weight excluding hydrogens is 194 g/mol. The number of hydrogen-bond donors (Lipinski definition) is 2. The highest BCUT2D eigenvalue weighted by Crippen LogP contribution is 2.22. The number of thiophene rings is 1. The van der Waals surface area contributed by atoms with Crippen LogP contribution in [0.5, 0.6) is 0 Å². The smallest absolute Gasteiger partial charge is 0.0468 e. The minimum absolute atomic E-state index is 0.253. The van der Waals surface area contributed by atoms with E-state index in [2.05, 4.69) is 31.3 Å². The fraction of sp³-hybridized carbons (Fsp3) is 0.636. The summed E-state index contributed by atoms with van der Waals surface area (Å²) >= 11 is 1.83. The third-order valence-electron chi connectivity index (χ3n) is 2.27. The van der Waals surface area contributed by atoms with Crippen molar-refractivity contribution < 1.29 is 5.11 Å². The summed E-state index contributed by atoms with van der Waals surface area (Å²) in [4.78, 5) is 2.72. The molecule has 0 bridgehead atoms. The summed E-state index contributed by atoms with van der Waals surface area (Å²) in [5.41, 5.74) is 0. The first-order valence-electron chi connectivity index (χ1n) is 5.04. The van der Waals surface area contributed by atoms with Crippen LogP contribution in [0.15, 0.2) is 12.1 Å². The summed E-state index contributed by atoms with van der Waals surface area (Å²) in [7, 11) is 0. The number of nitrogens with one attached hydrogen (secondary N) is 1. The van der Waals surface area contributed by atoms with Gasteiger partial charge in [0.05, 0.1) is 0 Å². The monoisotopic (exact) mass is 213 g/mol. The fourth-order valence-corrected chi connectivity index (χ4v) is 2.13. The van der Waals surface area contributed by atoms with Gasteiger partial charge >= 0.3 is 0 Å². The predicted molar refractivity (Wildman–Crippen MR) is 61.7 cm³/mol. The highest BCUT2D eigenvalue weighted by molar-refractivity contribution is 7.12. The lowest BCUT2D eigenvalue weighted by Crippen LogP contribution is -2.25. The Morgan fingerprint density at radius 2 is 2.14 bits per heavy atom. The van der Waals surface area contributed by atoms with Crippen LogP contribution in [0.25, 0.3) is 0 Å². The van der Waals surface area contributed by atoms with Crippen molar-refractivity contribution in [2.75, 3.05) is 13.2 Å². The van der Waals surface area contributed by atoms with Crippen LogP contribution in [0.4, 0.5) is 0 Å². The summed E-state index contributed by atoms with van der Waals surface area (Å²) < 4.78 is 0.